The summed E-state index contributed by atoms with van der Waals surface area (Å²) in [5.41, 5.74) is 1.70. The number of carboxylic acids is 1. The maximum absolute atomic E-state index is 12.9. The standard InChI is InChI=1S/C22H22N2O4/c25-21(26)16-10-12-24(13-11-16)22(27)23-20(15-6-2-1-3-7-15)19-14-17-8-4-5-9-18(17)28-19/h1-9,14,16,20H,10-13H2,(H,23,27)(H,25,26). The van der Waals surface area contributed by atoms with E-state index in [1.54, 1.807) is 4.90 Å². The summed E-state index contributed by atoms with van der Waals surface area (Å²) in [6, 6.07) is 18.7. The van der Waals surface area contributed by atoms with E-state index >= 15 is 0 Å². The molecule has 1 unspecified atom stereocenters. The van der Waals surface area contributed by atoms with Crippen molar-refractivity contribution in [2.75, 3.05) is 13.1 Å². The Morgan fingerprint density at radius 3 is 2.39 bits per heavy atom. The maximum Gasteiger partial charge on any atom is 0.318 e. The number of furan rings is 1. The third-order valence-corrected chi connectivity index (χ3v) is 5.26. The van der Waals surface area contributed by atoms with Gasteiger partial charge in [0.15, 0.2) is 0 Å². The summed E-state index contributed by atoms with van der Waals surface area (Å²) in [5.74, 6) is -0.491. The monoisotopic (exact) mass is 378 g/mol. The van der Waals surface area contributed by atoms with Gasteiger partial charge < -0.3 is 19.7 Å². The molecule has 1 fully saturated rings. The Balaban J connectivity index is 1.56. The van der Waals surface area contributed by atoms with Crippen molar-refractivity contribution < 1.29 is 19.1 Å². The highest BCUT2D eigenvalue weighted by molar-refractivity contribution is 5.79. The zero-order chi connectivity index (χ0) is 19.5. The third-order valence-electron chi connectivity index (χ3n) is 5.26. The summed E-state index contributed by atoms with van der Waals surface area (Å²) in [5, 5.41) is 13.2. The lowest BCUT2D eigenvalue weighted by Gasteiger charge is -2.31. The van der Waals surface area contributed by atoms with Crippen molar-refractivity contribution in [2.24, 2.45) is 5.92 Å². The molecular formula is C22H22N2O4. The maximum atomic E-state index is 12.9. The molecule has 0 bridgehead atoms. The molecule has 0 spiro atoms. The van der Waals surface area contributed by atoms with Crippen LogP contribution in [0.4, 0.5) is 4.79 Å². The number of piperidine rings is 1. The number of para-hydroxylation sites is 1. The molecule has 2 aromatic carbocycles. The van der Waals surface area contributed by atoms with Crippen LogP contribution in [0.3, 0.4) is 0 Å². The molecule has 6 nitrogen and oxygen atoms in total. The van der Waals surface area contributed by atoms with E-state index in [0.29, 0.717) is 31.7 Å². The van der Waals surface area contributed by atoms with Gasteiger partial charge >= 0.3 is 12.0 Å². The van der Waals surface area contributed by atoms with Gasteiger partial charge in [0.05, 0.1) is 5.92 Å². The summed E-state index contributed by atoms with van der Waals surface area (Å²) < 4.78 is 6.01. The first kappa shape index (κ1) is 18.1. The fourth-order valence-electron chi connectivity index (χ4n) is 3.65. The Kier molecular flexibility index (Phi) is 5.02. The fourth-order valence-corrected chi connectivity index (χ4v) is 3.65. The van der Waals surface area contributed by atoms with Gasteiger partial charge in [-0.15, -0.1) is 0 Å². The van der Waals surface area contributed by atoms with E-state index in [-0.39, 0.29) is 11.9 Å². The number of carbonyl (C=O) groups is 2. The van der Waals surface area contributed by atoms with E-state index in [0.717, 1.165) is 16.5 Å². The number of amides is 2. The van der Waals surface area contributed by atoms with Gasteiger partial charge in [-0.1, -0.05) is 48.5 Å². The molecular weight excluding hydrogens is 356 g/mol. The van der Waals surface area contributed by atoms with Gasteiger partial charge in [-0.05, 0) is 30.5 Å². The van der Waals surface area contributed by atoms with E-state index in [9.17, 15) is 9.59 Å². The topological polar surface area (TPSA) is 82.8 Å². The predicted molar refractivity (Wildman–Crippen MR) is 105 cm³/mol. The van der Waals surface area contributed by atoms with Crippen LogP contribution >= 0.6 is 0 Å². The predicted octanol–water partition coefficient (Wildman–Crippen LogP) is 4.03. The molecule has 2 N–H and O–H groups in total. The minimum absolute atomic E-state index is 0.210. The first-order valence-corrected chi connectivity index (χ1v) is 9.43. The van der Waals surface area contributed by atoms with E-state index in [4.69, 9.17) is 9.52 Å². The van der Waals surface area contributed by atoms with Gasteiger partial charge in [-0.25, -0.2) is 4.79 Å². The molecule has 6 heteroatoms. The van der Waals surface area contributed by atoms with Crippen LogP contribution in [0.1, 0.15) is 30.2 Å². The molecule has 0 saturated carbocycles. The van der Waals surface area contributed by atoms with Crippen LogP contribution in [0.25, 0.3) is 11.0 Å². The summed E-state index contributed by atoms with van der Waals surface area (Å²) in [4.78, 5) is 25.7. The number of hydrogen-bond acceptors (Lipinski definition) is 3. The Bertz CT molecular complexity index is 941. The third kappa shape index (κ3) is 3.71. The van der Waals surface area contributed by atoms with Crippen LogP contribution in [0.5, 0.6) is 0 Å². The number of benzene rings is 2. The number of carbonyl (C=O) groups excluding carboxylic acids is 1. The number of rotatable bonds is 4. The molecule has 1 aliphatic heterocycles. The van der Waals surface area contributed by atoms with Crippen LogP contribution in [0.2, 0.25) is 0 Å². The van der Waals surface area contributed by atoms with Gasteiger partial charge in [0.1, 0.15) is 17.4 Å². The molecule has 1 aliphatic rings. The van der Waals surface area contributed by atoms with Gasteiger partial charge in [0.25, 0.3) is 0 Å². The van der Waals surface area contributed by atoms with Crippen LogP contribution in [0, 0.1) is 5.92 Å². The minimum atomic E-state index is -0.788. The van der Waals surface area contributed by atoms with E-state index < -0.39 is 12.0 Å². The highest BCUT2D eigenvalue weighted by Crippen LogP contribution is 2.29. The van der Waals surface area contributed by atoms with Gasteiger partial charge in [-0.3, -0.25) is 4.79 Å². The quantitative estimate of drug-likeness (QED) is 0.718. The second kappa shape index (κ2) is 7.76. The summed E-state index contributed by atoms with van der Waals surface area (Å²) in [6.07, 6.45) is 0.951. The average molecular weight is 378 g/mol. The number of urea groups is 1. The summed E-state index contributed by atoms with van der Waals surface area (Å²) in [6.45, 7) is 0.870. The molecule has 1 saturated heterocycles. The fraction of sp³-hybridized carbons (Fsp3) is 0.273. The zero-order valence-electron chi connectivity index (χ0n) is 15.4. The number of likely N-dealkylation sites (tertiary alicyclic amines) is 1. The number of aliphatic carboxylic acids is 1. The first-order valence-electron chi connectivity index (χ1n) is 9.43. The van der Waals surface area contributed by atoms with Crippen molar-refractivity contribution in [3.8, 4) is 0 Å². The molecule has 28 heavy (non-hydrogen) atoms. The Labute approximate surface area is 162 Å². The second-order valence-electron chi connectivity index (χ2n) is 7.08. The lowest BCUT2D eigenvalue weighted by molar-refractivity contribution is -0.143. The largest absolute Gasteiger partial charge is 0.481 e. The van der Waals surface area contributed by atoms with Crippen molar-refractivity contribution in [2.45, 2.75) is 18.9 Å². The van der Waals surface area contributed by atoms with Crippen molar-refractivity contribution in [3.05, 3.63) is 72.0 Å². The van der Waals surface area contributed by atoms with E-state index in [1.165, 1.54) is 0 Å². The van der Waals surface area contributed by atoms with Gasteiger partial charge in [0.2, 0.25) is 0 Å². The number of carboxylic acid groups (broad SMARTS) is 1. The molecule has 0 radical (unpaired) electrons. The Morgan fingerprint density at radius 2 is 1.71 bits per heavy atom. The van der Waals surface area contributed by atoms with Gasteiger partial charge in [0, 0.05) is 18.5 Å². The van der Waals surface area contributed by atoms with Crippen molar-refractivity contribution >= 4 is 23.0 Å². The molecule has 2 heterocycles. The van der Waals surface area contributed by atoms with Crippen LogP contribution in [-0.4, -0.2) is 35.1 Å². The second-order valence-corrected chi connectivity index (χ2v) is 7.08. The highest BCUT2D eigenvalue weighted by atomic mass is 16.4. The SMILES string of the molecule is O=C(O)C1CCN(C(=O)NC(c2ccccc2)c2cc3ccccc3o2)CC1. The van der Waals surface area contributed by atoms with Crippen molar-refractivity contribution in [1.29, 1.82) is 0 Å². The molecule has 3 aromatic rings. The highest BCUT2D eigenvalue weighted by Gasteiger charge is 2.29. The van der Waals surface area contributed by atoms with E-state index in [2.05, 4.69) is 5.32 Å². The molecule has 144 valence electrons. The minimum Gasteiger partial charge on any atom is -0.481 e. The molecule has 1 aromatic heterocycles. The molecule has 1 atom stereocenters. The smallest absolute Gasteiger partial charge is 0.318 e. The lowest BCUT2D eigenvalue weighted by atomic mass is 9.97. The Morgan fingerprint density at radius 1 is 1.04 bits per heavy atom. The summed E-state index contributed by atoms with van der Waals surface area (Å²) >= 11 is 0. The zero-order valence-corrected chi connectivity index (χ0v) is 15.4. The lowest BCUT2D eigenvalue weighted by Crippen LogP contribution is -2.46. The van der Waals surface area contributed by atoms with Crippen molar-refractivity contribution in [3.63, 3.8) is 0 Å². The number of hydrogen-bond donors (Lipinski definition) is 2. The summed E-state index contributed by atoms with van der Waals surface area (Å²) in [7, 11) is 0. The van der Waals surface area contributed by atoms with Crippen LogP contribution in [-0.2, 0) is 4.79 Å². The molecule has 0 aliphatic carbocycles. The number of nitrogens with zero attached hydrogens (tertiary/aromatic N) is 1. The number of fused-ring (bicyclic) bond motifs is 1. The first-order chi connectivity index (χ1) is 13.6. The molecule has 2 amide bonds. The van der Waals surface area contributed by atoms with Gasteiger partial charge in [-0.2, -0.15) is 0 Å². The van der Waals surface area contributed by atoms with Crippen molar-refractivity contribution in [1.82, 2.24) is 10.2 Å². The average Bonchev–Trinajstić information content (AvgIpc) is 3.16. The van der Waals surface area contributed by atoms with Crippen LogP contribution in [0.15, 0.2) is 65.1 Å². The Hall–Kier alpha value is -3.28. The van der Waals surface area contributed by atoms with E-state index in [1.807, 2.05) is 60.7 Å². The molecule has 4 rings (SSSR count). The normalized spacial score (nSPS) is 16.1. The van der Waals surface area contributed by atoms with Crippen LogP contribution < -0.4 is 5.32 Å². The number of nitrogens with one attached hydrogen (secondary N) is 1.